The molecule has 0 amide bonds. The predicted octanol–water partition coefficient (Wildman–Crippen LogP) is 3.39. The minimum Gasteiger partial charge on any atom is -0.304 e. The second-order valence-electron chi connectivity index (χ2n) is 7.01. The van der Waals surface area contributed by atoms with E-state index < -0.39 is 10.0 Å². The maximum Gasteiger partial charge on any atom is 0.268 e. The third-order valence-electron chi connectivity index (χ3n) is 5.12. The third kappa shape index (κ3) is 3.69. The molecule has 2 aromatic carbocycles. The summed E-state index contributed by atoms with van der Waals surface area (Å²) in [6.45, 7) is 4.83. The van der Waals surface area contributed by atoms with E-state index in [1.165, 1.54) is 3.97 Å². The van der Waals surface area contributed by atoms with Crippen LogP contribution in [0.2, 0.25) is 0 Å². The molecule has 27 heavy (non-hydrogen) atoms. The molecule has 3 aromatic rings. The van der Waals surface area contributed by atoms with Crippen molar-refractivity contribution in [1.82, 2.24) is 13.8 Å². The maximum absolute atomic E-state index is 13.2. The van der Waals surface area contributed by atoms with Crippen LogP contribution in [-0.4, -0.2) is 55.4 Å². The third-order valence-corrected chi connectivity index (χ3v) is 7.34. The van der Waals surface area contributed by atoms with Crippen LogP contribution in [0.15, 0.2) is 64.1 Å². The summed E-state index contributed by atoms with van der Waals surface area (Å²) in [6, 6.07) is 14.5. The molecule has 142 valence electrons. The van der Waals surface area contributed by atoms with Crippen LogP contribution in [-0.2, 0) is 16.6 Å². The number of rotatable bonds is 4. The van der Waals surface area contributed by atoms with Gasteiger partial charge < -0.3 is 4.90 Å². The number of aromatic nitrogens is 1. The maximum atomic E-state index is 13.2. The number of fused-ring (bicyclic) bond motifs is 1. The fourth-order valence-electron chi connectivity index (χ4n) is 3.51. The van der Waals surface area contributed by atoms with Crippen molar-refractivity contribution in [2.24, 2.45) is 0 Å². The highest BCUT2D eigenvalue weighted by Gasteiger charge is 2.22. The van der Waals surface area contributed by atoms with E-state index >= 15 is 0 Å². The van der Waals surface area contributed by atoms with Gasteiger partial charge in [-0.2, -0.15) is 0 Å². The molecular weight excluding hydrogens is 426 g/mol. The van der Waals surface area contributed by atoms with Crippen molar-refractivity contribution in [3.63, 3.8) is 0 Å². The van der Waals surface area contributed by atoms with Gasteiger partial charge in [0.2, 0.25) is 0 Å². The minimum absolute atomic E-state index is 0.289. The summed E-state index contributed by atoms with van der Waals surface area (Å²) in [5, 5.41) is 0.997. The summed E-state index contributed by atoms with van der Waals surface area (Å²) in [7, 11) is -1.51. The number of likely N-dealkylation sites (N-methyl/N-ethyl adjacent to an activating group) is 1. The molecule has 1 aliphatic rings. The molecule has 1 aliphatic heterocycles. The van der Waals surface area contributed by atoms with Crippen LogP contribution < -0.4 is 0 Å². The lowest BCUT2D eigenvalue weighted by atomic mass is 10.1. The van der Waals surface area contributed by atoms with Gasteiger partial charge in [0.15, 0.2) is 0 Å². The van der Waals surface area contributed by atoms with Crippen molar-refractivity contribution >= 4 is 36.9 Å². The number of halogens is 1. The van der Waals surface area contributed by atoms with Crippen molar-refractivity contribution in [3.8, 4) is 0 Å². The van der Waals surface area contributed by atoms with E-state index in [0.717, 1.165) is 53.7 Å². The molecular formula is C20H22BrN3O2S. The van der Waals surface area contributed by atoms with Gasteiger partial charge in [0, 0.05) is 48.8 Å². The molecule has 5 nitrogen and oxygen atoms in total. The molecule has 0 atom stereocenters. The molecule has 1 saturated heterocycles. The Bertz CT molecular complexity index is 1050. The van der Waals surface area contributed by atoms with Crippen molar-refractivity contribution < 1.29 is 8.42 Å². The first-order chi connectivity index (χ1) is 12.9. The van der Waals surface area contributed by atoms with Crippen molar-refractivity contribution in [2.75, 3.05) is 33.2 Å². The summed E-state index contributed by atoms with van der Waals surface area (Å²) in [4.78, 5) is 4.99. The van der Waals surface area contributed by atoms with Crippen LogP contribution in [0.5, 0.6) is 0 Å². The van der Waals surface area contributed by atoms with Crippen LogP contribution in [0.3, 0.4) is 0 Å². The summed E-state index contributed by atoms with van der Waals surface area (Å²) in [5.41, 5.74) is 1.78. The lowest BCUT2D eigenvalue weighted by Gasteiger charge is -2.32. The van der Waals surface area contributed by atoms with Crippen LogP contribution in [0.1, 0.15) is 5.56 Å². The fourth-order valence-corrected chi connectivity index (χ4v) is 5.17. The number of benzene rings is 2. The average molecular weight is 448 g/mol. The van der Waals surface area contributed by atoms with Gasteiger partial charge in [-0.1, -0.05) is 34.1 Å². The molecule has 4 rings (SSSR count). The molecule has 0 spiro atoms. The normalized spacial score (nSPS) is 16.8. The van der Waals surface area contributed by atoms with Crippen molar-refractivity contribution in [3.05, 3.63) is 64.8 Å². The first-order valence-corrected chi connectivity index (χ1v) is 11.2. The van der Waals surface area contributed by atoms with E-state index in [9.17, 15) is 8.42 Å². The largest absolute Gasteiger partial charge is 0.304 e. The predicted molar refractivity (Wildman–Crippen MR) is 111 cm³/mol. The molecule has 2 heterocycles. The standard InChI is InChI=1S/C20H22BrN3O2S/c1-22-10-12-23(13-11-22)14-16-15-24(20-5-3-2-4-19(16)20)27(25,26)18-8-6-17(21)7-9-18/h2-9,15H,10-14H2,1H3. The highest BCUT2D eigenvalue weighted by atomic mass is 79.9. The fraction of sp³-hybridized carbons (Fsp3) is 0.300. The van der Waals surface area contributed by atoms with Gasteiger partial charge in [0.1, 0.15) is 0 Å². The van der Waals surface area contributed by atoms with Gasteiger partial charge in [-0.3, -0.25) is 4.90 Å². The molecule has 0 N–H and O–H groups in total. The Morgan fingerprint density at radius 2 is 1.63 bits per heavy atom. The van der Waals surface area contributed by atoms with Gasteiger partial charge in [0.05, 0.1) is 10.4 Å². The summed E-state index contributed by atoms with van der Waals surface area (Å²) >= 11 is 3.36. The van der Waals surface area contributed by atoms with Crippen LogP contribution >= 0.6 is 15.9 Å². The number of para-hydroxylation sites is 1. The Kier molecular flexibility index (Phi) is 5.11. The number of nitrogens with zero attached hydrogens (tertiary/aromatic N) is 3. The van der Waals surface area contributed by atoms with E-state index in [4.69, 9.17) is 0 Å². The molecule has 0 aliphatic carbocycles. The number of hydrogen-bond acceptors (Lipinski definition) is 4. The Morgan fingerprint density at radius 1 is 0.963 bits per heavy atom. The van der Waals surface area contributed by atoms with Crippen molar-refractivity contribution in [2.45, 2.75) is 11.4 Å². The summed E-state index contributed by atoms with van der Waals surface area (Å²) in [6.07, 6.45) is 1.79. The second kappa shape index (κ2) is 7.39. The van der Waals surface area contributed by atoms with Gasteiger partial charge in [0.25, 0.3) is 10.0 Å². The molecule has 1 aromatic heterocycles. The minimum atomic E-state index is -3.64. The van der Waals surface area contributed by atoms with Gasteiger partial charge in [-0.15, -0.1) is 0 Å². The highest BCUT2D eigenvalue weighted by molar-refractivity contribution is 9.10. The first-order valence-electron chi connectivity index (χ1n) is 8.96. The van der Waals surface area contributed by atoms with E-state index in [0.29, 0.717) is 0 Å². The first kappa shape index (κ1) is 18.7. The number of piperazine rings is 1. The summed E-state index contributed by atoms with van der Waals surface area (Å²) < 4.78 is 28.8. The van der Waals surface area contributed by atoms with E-state index in [1.807, 2.05) is 24.3 Å². The quantitative estimate of drug-likeness (QED) is 0.614. The zero-order valence-electron chi connectivity index (χ0n) is 15.2. The van der Waals surface area contributed by atoms with Crippen molar-refractivity contribution in [1.29, 1.82) is 0 Å². The molecule has 7 heteroatoms. The SMILES string of the molecule is CN1CCN(Cc2cn(S(=O)(=O)c3ccc(Br)cc3)c3ccccc23)CC1. The number of hydrogen-bond donors (Lipinski definition) is 0. The monoisotopic (exact) mass is 447 g/mol. The zero-order chi connectivity index (χ0) is 19.0. The van der Waals surface area contributed by atoms with E-state index in [-0.39, 0.29) is 4.90 Å². The van der Waals surface area contributed by atoms with Crippen LogP contribution in [0.4, 0.5) is 0 Å². The molecule has 1 fully saturated rings. The average Bonchev–Trinajstić information content (AvgIpc) is 3.03. The van der Waals surface area contributed by atoms with Gasteiger partial charge in [-0.25, -0.2) is 12.4 Å². The van der Waals surface area contributed by atoms with Crippen LogP contribution in [0, 0.1) is 0 Å². The lowest BCUT2D eigenvalue weighted by molar-refractivity contribution is 0.148. The Labute approximate surface area is 168 Å². The van der Waals surface area contributed by atoms with E-state index in [2.05, 4.69) is 32.8 Å². The van der Waals surface area contributed by atoms with E-state index in [1.54, 1.807) is 30.5 Å². The highest BCUT2D eigenvalue weighted by Crippen LogP contribution is 2.27. The molecule has 0 saturated carbocycles. The zero-order valence-corrected chi connectivity index (χ0v) is 17.6. The second-order valence-corrected chi connectivity index (χ2v) is 9.74. The van der Waals surface area contributed by atoms with Crippen LogP contribution in [0.25, 0.3) is 10.9 Å². The Hall–Kier alpha value is -1.67. The van der Waals surface area contributed by atoms with Gasteiger partial charge in [-0.05, 0) is 42.9 Å². The molecule has 0 unspecified atom stereocenters. The summed E-state index contributed by atoms with van der Waals surface area (Å²) in [5.74, 6) is 0. The molecule has 0 bridgehead atoms. The van der Waals surface area contributed by atoms with Gasteiger partial charge >= 0.3 is 0 Å². The molecule has 0 radical (unpaired) electrons. The Morgan fingerprint density at radius 3 is 2.33 bits per heavy atom. The lowest BCUT2D eigenvalue weighted by Crippen LogP contribution is -2.43. The smallest absolute Gasteiger partial charge is 0.268 e. The topological polar surface area (TPSA) is 45.5 Å². The Balaban J connectivity index is 1.74.